The van der Waals surface area contributed by atoms with Gasteiger partial charge in [0.15, 0.2) is 5.52 Å². The first kappa shape index (κ1) is 12.2. The van der Waals surface area contributed by atoms with Crippen molar-refractivity contribution in [2.45, 2.75) is 24.9 Å². The summed E-state index contributed by atoms with van der Waals surface area (Å²) in [5, 5.41) is 18.8. The number of ether oxygens (including phenoxy) is 1. The molecule has 1 aliphatic heterocycles. The SMILES string of the molecule is Nc1cc(=O)c2ncn([C@H]3C[C@H](O)[C@@H](CO)O3)c2[nH]1. The Morgan fingerprint density at radius 2 is 2.42 bits per heavy atom. The summed E-state index contributed by atoms with van der Waals surface area (Å²) in [6.45, 7) is -0.261. The Bertz CT molecular complexity index is 664. The van der Waals surface area contributed by atoms with Gasteiger partial charge in [-0.1, -0.05) is 0 Å². The number of imidazole rings is 1. The van der Waals surface area contributed by atoms with Crippen LogP contribution in [0.3, 0.4) is 0 Å². The second kappa shape index (κ2) is 4.34. The van der Waals surface area contributed by atoms with Gasteiger partial charge in [0.05, 0.1) is 19.0 Å². The topological polar surface area (TPSA) is 126 Å². The average Bonchev–Trinajstić information content (AvgIpc) is 2.92. The number of aromatic nitrogens is 3. The lowest BCUT2D eigenvalue weighted by Gasteiger charge is -2.13. The van der Waals surface area contributed by atoms with Gasteiger partial charge in [-0.05, 0) is 0 Å². The van der Waals surface area contributed by atoms with Crippen molar-refractivity contribution >= 4 is 17.0 Å². The highest BCUT2D eigenvalue weighted by molar-refractivity contribution is 5.72. The highest BCUT2D eigenvalue weighted by Crippen LogP contribution is 2.30. The van der Waals surface area contributed by atoms with Crippen LogP contribution in [-0.4, -0.2) is 43.6 Å². The second-order valence-electron chi connectivity index (χ2n) is 4.55. The van der Waals surface area contributed by atoms with E-state index in [1.165, 1.54) is 12.4 Å². The number of aliphatic hydroxyl groups excluding tert-OH is 2. The third kappa shape index (κ3) is 1.89. The number of fused-ring (bicyclic) bond motifs is 1. The summed E-state index contributed by atoms with van der Waals surface area (Å²) < 4.78 is 7.12. The van der Waals surface area contributed by atoms with Crippen LogP contribution < -0.4 is 11.2 Å². The zero-order valence-corrected chi connectivity index (χ0v) is 9.98. The van der Waals surface area contributed by atoms with E-state index in [0.29, 0.717) is 12.1 Å². The zero-order valence-electron chi connectivity index (χ0n) is 9.98. The Hall–Kier alpha value is -1.90. The fourth-order valence-electron chi connectivity index (χ4n) is 2.32. The van der Waals surface area contributed by atoms with Crippen molar-refractivity contribution in [3.63, 3.8) is 0 Å². The highest BCUT2D eigenvalue weighted by atomic mass is 16.5. The van der Waals surface area contributed by atoms with E-state index in [1.54, 1.807) is 4.57 Å². The maximum absolute atomic E-state index is 11.7. The van der Waals surface area contributed by atoms with Crippen LogP contribution in [0.2, 0.25) is 0 Å². The first-order chi connectivity index (χ1) is 9.10. The highest BCUT2D eigenvalue weighted by Gasteiger charge is 2.35. The molecule has 1 aliphatic rings. The molecular weight excluding hydrogens is 252 g/mol. The molecule has 102 valence electrons. The molecule has 3 rings (SSSR count). The number of anilines is 1. The molecule has 0 aliphatic carbocycles. The van der Waals surface area contributed by atoms with Crippen molar-refractivity contribution < 1.29 is 14.9 Å². The molecular formula is C11H14N4O4. The maximum Gasteiger partial charge on any atom is 0.211 e. The lowest BCUT2D eigenvalue weighted by molar-refractivity contribution is -0.0432. The van der Waals surface area contributed by atoms with Crippen LogP contribution in [0.4, 0.5) is 5.82 Å². The molecule has 3 heterocycles. The van der Waals surface area contributed by atoms with E-state index >= 15 is 0 Å². The molecule has 8 nitrogen and oxygen atoms in total. The molecule has 2 aromatic rings. The zero-order chi connectivity index (χ0) is 13.6. The third-order valence-electron chi connectivity index (χ3n) is 3.27. The van der Waals surface area contributed by atoms with Gasteiger partial charge in [-0.2, -0.15) is 0 Å². The van der Waals surface area contributed by atoms with Crippen LogP contribution in [-0.2, 0) is 4.74 Å². The smallest absolute Gasteiger partial charge is 0.211 e. The van der Waals surface area contributed by atoms with E-state index in [-0.39, 0.29) is 23.4 Å². The van der Waals surface area contributed by atoms with Gasteiger partial charge in [0, 0.05) is 12.5 Å². The number of nitrogens with zero attached hydrogens (tertiary/aromatic N) is 2. The summed E-state index contributed by atoms with van der Waals surface area (Å²) in [4.78, 5) is 18.6. The second-order valence-corrected chi connectivity index (χ2v) is 4.55. The molecule has 1 saturated heterocycles. The quantitative estimate of drug-likeness (QED) is 0.549. The number of nitrogens with two attached hydrogens (primary N) is 1. The Labute approximate surface area is 107 Å². The van der Waals surface area contributed by atoms with Crippen molar-refractivity contribution in [2.75, 3.05) is 12.3 Å². The number of rotatable bonds is 2. The van der Waals surface area contributed by atoms with E-state index in [0.717, 1.165) is 0 Å². The van der Waals surface area contributed by atoms with Crippen LogP contribution in [0.15, 0.2) is 17.2 Å². The fourth-order valence-corrected chi connectivity index (χ4v) is 2.32. The van der Waals surface area contributed by atoms with Gasteiger partial charge in [0.1, 0.15) is 23.8 Å². The van der Waals surface area contributed by atoms with Gasteiger partial charge in [0.2, 0.25) is 5.43 Å². The first-order valence-corrected chi connectivity index (χ1v) is 5.90. The van der Waals surface area contributed by atoms with Crippen LogP contribution in [0.25, 0.3) is 11.2 Å². The van der Waals surface area contributed by atoms with Crippen molar-refractivity contribution in [3.8, 4) is 0 Å². The predicted octanol–water partition coefficient (Wildman–Crippen LogP) is -1.05. The molecule has 0 unspecified atom stereocenters. The number of hydrogen-bond donors (Lipinski definition) is 4. The summed E-state index contributed by atoms with van der Waals surface area (Å²) in [6.07, 6.45) is -0.0998. The molecule has 19 heavy (non-hydrogen) atoms. The molecule has 5 N–H and O–H groups in total. The largest absolute Gasteiger partial charge is 0.394 e. The Balaban J connectivity index is 2.05. The van der Waals surface area contributed by atoms with Crippen molar-refractivity contribution in [2.24, 2.45) is 0 Å². The number of aliphatic hydroxyl groups is 2. The van der Waals surface area contributed by atoms with Gasteiger partial charge in [-0.3, -0.25) is 9.36 Å². The lowest BCUT2D eigenvalue weighted by Crippen LogP contribution is -2.24. The fraction of sp³-hybridized carbons (Fsp3) is 0.455. The summed E-state index contributed by atoms with van der Waals surface area (Å²) in [6, 6.07) is 1.26. The maximum atomic E-state index is 11.7. The van der Waals surface area contributed by atoms with Crippen LogP contribution in [0.5, 0.6) is 0 Å². The minimum Gasteiger partial charge on any atom is -0.394 e. The Morgan fingerprint density at radius 3 is 3.11 bits per heavy atom. The minimum atomic E-state index is -0.750. The number of nitrogen functional groups attached to an aromatic ring is 1. The van der Waals surface area contributed by atoms with E-state index < -0.39 is 18.4 Å². The lowest BCUT2D eigenvalue weighted by atomic mass is 10.2. The third-order valence-corrected chi connectivity index (χ3v) is 3.27. The van der Waals surface area contributed by atoms with E-state index in [4.69, 9.17) is 15.6 Å². The number of aromatic amines is 1. The van der Waals surface area contributed by atoms with Gasteiger partial charge in [0.25, 0.3) is 0 Å². The molecule has 0 bridgehead atoms. The van der Waals surface area contributed by atoms with Crippen molar-refractivity contribution in [3.05, 3.63) is 22.6 Å². The Kier molecular flexibility index (Phi) is 2.77. The predicted molar refractivity (Wildman–Crippen MR) is 66.4 cm³/mol. The molecule has 0 saturated carbocycles. The van der Waals surface area contributed by atoms with Gasteiger partial charge < -0.3 is 25.7 Å². The van der Waals surface area contributed by atoms with Gasteiger partial charge >= 0.3 is 0 Å². The van der Waals surface area contributed by atoms with E-state index in [9.17, 15) is 9.90 Å². The summed E-state index contributed by atoms with van der Waals surface area (Å²) >= 11 is 0. The van der Waals surface area contributed by atoms with Gasteiger partial charge in [-0.25, -0.2) is 4.98 Å². The Morgan fingerprint density at radius 1 is 1.63 bits per heavy atom. The summed E-state index contributed by atoms with van der Waals surface area (Å²) in [5.41, 5.74) is 6.04. The standard InChI is InChI=1S/C11H14N4O4/c12-8-1-6(18)10-11(14-8)15(4-13-10)9-2-5(17)7(3-16)19-9/h1,4-5,7,9,16-17H,2-3H2,(H3,12,14,18)/t5-,7+,9+/m0/s1. The number of hydrogen-bond acceptors (Lipinski definition) is 6. The minimum absolute atomic E-state index is 0.233. The first-order valence-electron chi connectivity index (χ1n) is 5.90. The molecule has 2 aromatic heterocycles. The number of H-pyrrole nitrogens is 1. The normalized spacial score (nSPS) is 27.2. The molecule has 0 radical (unpaired) electrons. The average molecular weight is 266 g/mol. The number of pyridine rings is 1. The molecule has 3 atom stereocenters. The van der Waals surface area contributed by atoms with Gasteiger partial charge in [-0.15, -0.1) is 0 Å². The molecule has 1 fully saturated rings. The van der Waals surface area contributed by atoms with Crippen LogP contribution >= 0.6 is 0 Å². The van der Waals surface area contributed by atoms with Crippen molar-refractivity contribution in [1.82, 2.24) is 14.5 Å². The number of nitrogens with one attached hydrogen (secondary N) is 1. The van der Waals surface area contributed by atoms with E-state index in [1.807, 2.05) is 0 Å². The van der Waals surface area contributed by atoms with Crippen molar-refractivity contribution in [1.29, 1.82) is 0 Å². The summed E-state index contributed by atoms with van der Waals surface area (Å²) in [5.74, 6) is 0.233. The summed E-state index contributed by atoms with van der Waals surface area (Å²) in [7, 11) is 0. The molecule has 0 spiro atoms. The molecule has 0 aromatic carbocycles. The van der Waals surface area contributed by atoms with Crippen LogP contribution in [0.1, 0.15) is 12.6 Å². The van der Waals surface area contributed by atoms with Crippen LogP contribution in [0, 0.1) is 0 Å². The van der Waals surface area contributed by atoms with E-state index in [2.05, 4.69) is 9.97 Å². The molecule has 0 amide bonds. The molecule has 8 heteroatoms. The monoisotopic (exact) mass is 266 g/mol.